The molecule has 1 rings (SSSR count). The number of amides is 2. The van der Waals surface area contributed by atoms with Crippen LogP contribution in [0.4, 0.5) is 4.79 Å². The molecule has 22 heavy (non-hydrogen) atoms. The number of nitrogens with two attached hydrogens (primary N) is 1. The van der Waals surface area contributed by atoms with Crippen molar-refractivity contribution in [2.24, 2.45) is 5.92 Å². The van der Waals surface area contributed by atoms with Crippen molar-refractivity contribution in [2.45, 2.75) is 46.2 Å². The van der Waals surface area contributed by atoms with E-state index < -0.39 is 6.09 Å². The molecule has 1 aromatic carbocycles. The molecule has 0 bridgehead atoms. The molecule has 0 aliphatic rings. The SMILES string of the molecule is CCc1ccc([C@@H]([NH2+][C@H](C)C(=O)NC(=O)OC)C(C)C)cc1. The van der Waals surface area contributed by atoms with E-state index in [-0.39, 0.29) is 18.0 Å². The molecule has 0 aliphatic heterocycles. The molecule has 0 aromatic heterocycles. The lowest BCUT2D eigenvalue weighted by atomic mass is 9.94. The summed E-state index contributed by atoms with van der Waals surface area (Å²) >= 11 is 0. The molecule has 0 radical (unpaired) electrons. The van der Waals surface area contributed by atoms with Crippen molar-refractivity contribution in [1.29, 1.82) is 0 Å². The largest absolute Gasteiger partial charge is 0.453 e. The van der Waals surface area contributed by atoms with Crippen molar-refractivity contribution in [3.8, 4) is 0 Å². The van der Waals surface area contributed by atoms with Crippen molar-refractivity contribution < 1.29 is 19.6 Å². The van der Waals surface area contributed by atoms with Crippen LogP contribution in [0.3, 0.4) is 0 Å². The number of aryl methyl sites for hydroxylation is 1. The van der Waals surface area contributed by atoms with Crippen LogP contribution in [-0.2, 0) is 16.0 Å². The van der Waals surface area contributed by atoms with Crippen LogP contribution in [0.2, 0.25) is 0 Å². The van der Waals surface area contributed by atoms with Gasteiger partial charge in [0.2, 0.25) is 0 Å². The topological polar surface area (TPSA) is 72.0 Å². The molecule has 122 valence electrons. The van der Waals surface area contributed by atoms with Gasteiger partial charge in [-0.15, -0.1) is 0 Å². The number of methoxy groups -OCH3 is 1. The molecule has 0 unspecified atom stereocenters. The number of carbonyl (C=O) groups is 2. The van der Waals surface area contributed by atoms with Crippen LogP contribution in [0, 0.1) is 5.92 Å². The van der Waals surface area contributed by atoms with Gasteiger partial charge in [-0.1, -0.05) is 45.0 Å². The third kappa shape index (κ3) is 5.15. The van der Waals surface area contributed by atoms with Gasteiger partial charge < -0.3 is 10.1 Å². The maximum atomic E-state index is 12.0. The van der Waals surface area contributed by atoms with Crippen molar-refractivity contribution in [2.75, 3.05) is 7.11 Å². The monoisotopic (exact) mass is 307 g/mol. The molecule has 2 atom stereocenters. The molecule has 0 saturated heterocycles. The van der Waals surface area contributed by atoms with Crippen molar-refractivity contribution in [3.63, 3.8) is 0 Å². The molecule has 3 N–H and O–H groups in total. The number of rotatable bonds is 6. The molecule has 0 fully saturated rings. The second kappa shape index (κ2) is 8.54. The fraction of sp³-hybridized carbons (Fsp3) is 0.529. The average molecular weight is 307 g/mol. The molecular weight excluding hydrogens is 280 g/mol. The van der Waals surface area contributed by atoms with Crippen LogP contribution in [0.15, 0.2) is 24.3 Å². The summed E-state index contributed by atoms with van der Waals surface area (Å²) in [5.74, 6) is 0.0172. The first kappa shape index (κ1) is 18.2. The Balaban J connectivity index is 2.78. The number of carbonyl (C=O) groups excluding carboxylic acids is 2. The lowest BCUT2D eigenvalue weighted by Gasteiger charge is -2.23. The summed E-state index contributed by atoms with van der Waals surface area (Å²) in [4.78, 5) is 23.1. The van der Waals surface area contributed by atoms with Crippen LogP contribution < -0.4 is 10.6 Å². The van der Waals surface area contributed by atoms with E-state index >= 15 is 0 Å². The minimum absolute atomic E-state index is 0.157. The van der Waals surface area contributed by atoms with Gasteiger partial charge in [-0.25, -0.2) is 4.79 Å². The third-order valence-electron chi connectivity index (χ3n) is 3.81. The Morgan fingerprint density at radius 2 is 1.77 bits per heavy atom. The van der Waals surface area contributed by atoms with Gasteiger partial charge in [-0.3, -0.25) is 10.1 Å². The number of quaternary nitrogens is 1. The Kier molecular flexibility index (Phi) is 7.05. The Morgan fingerprint density at radius 1 is 1.18 bits per heavy atom. The second-order valence-corrected chi connectivity index (χ2v) is 5.83. The van der Waals surface area contributed by atoms with Crippen LogP contribution in [-0.4, -0.2) is 25.2 Å². The first-order valence-electron chi connectivity index (χ1n) is 7.71. The number of benzene rings is 1. The second-order valence-electron chi connectivity index (χ2n) is 5.83. The molecule has 0 saturated carbocycles. The van der Waals surface area contributed by atoms with Crippen molar-refractivity contribution in [3.05, 3.63) is 35.4 Å². The van der Waals surface area contributed by atoms with Crippen LogP contribution in [0.25, 0.3) is 0 Å². The highest BCUT2D eigenvalue weighted by Gasteiger charge is 2.26. The Bertz CT molecular complexity index is 497. The normalized spacial score (nSPS) is 13.5. The summed E-state index contributed by atoms with van der Waals surface area (Å²) in [7, 11) is 1.24. The standard InChI is InChI=1S/C17H26N2O3/c1-6-13-7-9-14(10-8-13)15(11(2)3)18-12(4)16(20)19-17(21)22-5/h7-12,15,18H,6H2,1-5H3,(H,19,20,21)/p+1/t12-,15+/m1/s1. The molecule has 1 aromatic rings. The first-order valence-corrected chi connectivity index (χ1v) is 7.71. The summed E-state index contributed by atoms with van der Waals surface area (Å²) in [6.45, 7) is 8.16. The summed E-state index contributed by atoms with van der Waals surface area (Å²) in [5.41, 5.74) is 2.48. The summed E-state index contributed by atoms with van der Waals surface area (Å²) < 4.78 is 4.45. The van der Waals surface area contributed by atoms with E-state index in [1.165, 1.54) is 18.2 Å². The quantitative estimate of drug-likeness (QED) is 0.841. The molecule has 5 nitrogen and oxygen atoms in total. The van der Waals surface area contributed by atoms with E-state index in [2.05, 4.69) is 55.1 Å². The average Bonchev–Trinajstić information content (AvgIpc) is 2.51. The maximum absolute atomic E-state index is 12.0. The molecule has 0 heterocycles. The number of hydrogen-bond donors (Lipinski definition) is 2. The zero-order chi connectivity index (χ0) is 16.7. The van der Waals surface area contributed by atoms with E-state index in [0.29, 0.717) is 5.92 Å². The van der Waals surface area contributed by atoms with E-state index in [4.69, 9.17) is 0 Å². The van der Waals surface area contributed by atoms with Gasteiger partial charge in [0, 0.05) is 11.5 Å². The molecule has 2 amide bonds. The van der Waals surface area contributed by atoms with E-state index in [1.807, 2.05) is 5.32 Å². The van der Waals surface area contributed by atoms with Crippen LogP contribution in [0.5, 0.6) is 0 Å². The zero-order valence-corrected chi connectivity index (χ0v) is 14.1. The Morgan fingerprint density at radius 3 is 2.23 bits per heavy atom. The number of alkyl carbamates (subject to hydrolysis) is 1. The van der Waals surface area contributed by atoms with Gasteiger partial charge in [0.15, 0.2) is 6.04 Å². The lowest BCUT2D eigenvalue weighted by Crippen LogP contribution is -2.93. The zero-order valence-electron chi connectivity index (χ0n) is 14.1. The smallest absolute Gasteiger partial charge is 0.413 e. The molecule has 0 spiro atoms. The van der Waals surface area contributed by atoms with Gasteiger partial charge >= 0.3 is 6.09 Å². The number of nitrogens with one attached hydrogen (secondary N) is 1. The Labute approximate surface area is 132 Å². The minimum Gasteiger partial charge on any atom is -0.453 e. The summed E-state index contributed by atoms with van der Waals surface area (Å²) in [6, 6.07) is 8.26. The molecular formula is C17H27N2O3+. The third-order valence-corrected chi connectivity index (χ3v) is 3.81. The van der Waals surface area contributed by atoms with Crippen LogP contribution in [0.1, 0.15) is 44.9 Å². The predicted octanol–water partition coefficient (Wildman–Crippen LogP) is 1.78. The highest BCUT2D eigenvalue weighted by atomic mass is 16.5. The first-order chi connectivity index (χ1) is 10.4. The van der Waals surface area contributed by atoms with Gasteiger partial charge in [-0.05, 0) is 18.9 Å². The van der Waals surface area contributed by atoms with Crippen molar-refractivity contribution >= 4 is 12.0 Å². The van der Waals surface area contributed by atoms with E-state index in [9.17, 15) is 9.59 Å². The van der Waals surface area contributed by atoms with Crippen molar-refractivity contribution in [1.82, 2.24) is 5.32 Å². The fourth-order valence-corrected chi connectivity index (χ4v) is 2.36. The lowest BCUT2D eigenvalue weighted by molar-refractivity contribution is -0.719. The molecule has 5 heteroatoms. The van der Waals surface area contributed by atoms with Gasteiger partial charge in [0.1, 0.15) is 6.04 Å². The van der Waals surface area contributed by atoms with Gasteiger partial charge in [0.05, 0.1) is 7.11 Å². The predicted molar refractivity (Wildman–Crippen MR) is 85.3 cm³/mol. The highest BCUT2D eigenvalue weighted by molar-refractivity contribution is 5.93. The highest BCUT2D eigenvalue weighted by Crippen LogP contribution is 2.18. The number of imide groups is 1. The summed E-state index contributed by atoms with van der Waals surface area (Å²) in [5, 5.41) is 4.20. The summed E-state index contributed by atoms with van der Waals surface area (Å²) in [6.07, 6.45) is 0.285. The minimum atomic E-state index is -0.723. The Hall–Kier alpha value is -1.88. The van der Waals surface area contributed by atoms with E-state index in [1.54, 1.807) is 6.92 Å². The maximum Gasteiger partial charge on any atom is 0.413 e. The van der Waals surface area contributed by atoms with Crippen LogP contribution >= 0.6 is 0 Å². The van der Waals surface area contributed by atoms with Gasteiger partial charge in [0.25, 0.3) is 5.91 Å². The number of ether oxygens (including phenoxy) is 1. The van der Waals surface area contributed by atoms with E-state index in [0.717, 1.165) is 6.42 Å². The molecule has 0 aliphatic carbocycles. The fourth-order valence-electron chi connectivity index (χ4n) is 2.36. The number of hydrogen-bond acceptors (Lipinski definition) is 3. The van der Waals surface area contributed by atoms with Gasteiger partial charge in [-0.2, -0.15) is 0 Å².